The van der Waals surface area contributed by atoms with Crippen molar-refractivity contribution in [3.05, 3.63) is 12.0 Å². The maximum atomic E-state index is 11.2. The van der Waals surface area contributed by atoms with E-state index >= 15 is 0 Å². The van der Waals surface area contributed by atoms with E-state index in [1.165, 1.54) is 6.26 Å². The molecule has 0 fully saturated rings. The minimum absolute atomic E-state index is 0.106. The number of aromatic nitrogens is 1. The van der Waals surface area contributed by atoms with Gasteiger partial charge in [-0.25, -0.2) is 0 Å². The Labute approximate surface area is 81.5 Å². The number of carbonyl (C=O) groups is 2. The third kappa shape index (κ3) is 3.01. The summed E-state index contributed by atoms with van der Waals surface area (Å²) >= 11 is 0. The molecule has 1 heterocycles. The summed E-state index contributed by atoms with van der Waals surface area (Å²) in [5.74, 6) is -0.496. The van der Waals surface area contributed by atoms with E-state index in [1.54, 1.807) is 13.8 Å². The molecule has 0 bridgehead atoms. The number of oxazole rings is 1. The maximum Gasteiger partial charge on any atom is 0.301 e. The Morgan fingerprint density at radius 1 is 1.57 bits per heavy atom. The molecule has 1 rings (SSSR count). The van der Waals surface area contributed by atoms with Crippen molar-refractivity contribution in [3.63, 3.8) is 0 Å². The maximum absolute atomic E-state index is 11.2. The van der Waals surface area contributed by atoms with Crippen LogP contribution in [0.25, 0.3) is 0 Å². The van der Waals surface area contributed by atoms with Crippen LogP contribution in [0.4, 0.5) is 6.01 Å². The minimum Gasteiger partial charge on any atom is -0.432 e. The largest absolute Gasteiger partial charge is 0.432 e. The van der Waals surface area contributed by atoms with Crippen LogP contribution in [0.15, 0.2) is 10.7 Å². The number of anilines is 1. The molecule has 0 radical (unpaired) electrons. The van der Waals surface area contributed by atoms with Gasteiger partial charge in [-0.1, -0.05) is 6.92 Å². The zero-order chi connectivity index (χ0) is 10.6. The number of amides is 1. The van der Waals surface area contributed by atoms with E-state index in [-0.39, 0.29) is 18.2 Å². The molecule has 0 aliphatic heterocycles. The predicted molar refractivity (Wildman–Crippen MR) is 49.8 cm³/mol. The third-order valence-electron chi connectivity index (χ3n) is 1.62. The number of carbonyl (C=O) groups excluding carboxylic acids is 2. The Kier molecular flexibility index (Phi) is 3.39. The van der Waals surface area contributed by atoms with Gasteiger partial charge in [-0.3, -0.25) is 14.9 Å². The zero-order valence-electron chi connectivity index (χ0n) is 8.16. The minimum atomic E-state index is -0.390. The number of hydrogen-bond acceptors (Lipinski definition) is 4. The van der Waals surface area contributed by atoms with E-state index < -0.39 is 5.91 Å². The molecule has 0 saturated heterocycles. The quantitative estimate of drug-likeness (QED) is 0.736. The number of nitrogens with one attached hydrogen (secondary N) is 1. The molecule has 0 spiro atoms. The lowest BCUT2D eigenvalue weighted by molar-refractivity contribution is -0.125. The topological polar surface area (TPSA) is 72.2 Å². The van der Waals surface area contributed by atoms with Crippen molar-refractivity contribution in [1.82, 2.24) is 4.98 Å². The highest BCUT2D eigenvalue weighted by Gasteiger charge is 2.10. The van der Waals surface area contributed by atoms with Gasteiger partial charge in [0, 0.05) is 6.42 Å². The molecule has 0 aromatic carbocycles. The average Bonchev–Trinajstić information content (AvgIpc) is 2.50. The lowest BCUT2D eigenvalue weighted by atomic mass is 10.2. The monoisotopic (exact) mass is 196 g/mol. The molecule has 0 saturated carbocycles. The van der Waals surface area contributed by atoms with E-state index in [2.05, 4.69) is 10.3 Å². The van der Waals surface area contributed by atoms with Gasteiger partial charge >= 0.3 is 6.01 Å². The summed E-state index contributed by atoms with van der Waals surface area (Å²) in [6.45, 7) is 3.46. The van der Waals surface area contributed by atoms with Gasteiger partial charge in [0.25, 0.3) is 0 Å². The van der Waals surface area contributed by atoms with Crippen molar-refractivity contribution < 1.29 is 14.0 Å². The molecule has 1 aromatic heterocycles. The van der Waals surface area contributed by atoms with Crippen LogP contribution in [0.5, 0.6) is 0 Å². The molecule has 0 atom stereocenters. The molecule has 5 nitrogen and oxygen atoms in total. The SMILES string of the molecule is CCC(=O)CC(=O)Nc1nc(C)co1. The average molecular weight is 196 g/mol. The number of hydrogen-bond donors (Lipinski definition) is 1. The van der Waals surface area contributed by atoms with Gasteiger partial charge in [0.15, 0.2) is 0 Å². The summed E-state index contributed by atoms with van der Waals surface area (Å²) in [6.07, 6.45) is 1.66. The highest BCUT2D eigenvalue weighted by atomic mass is 16.4. The zero-order valence-corrected chi connectivity index (χ0v) is 8.16. The third-order valence-corrected chi connectivity index (χ3v) is 1.62. The van der Waals surface area contributed by atoms with Crippen LogP contribution in [0.1, 0.15) is 25.5 Å². The highest BCUT2D eigenvalue weighted by Crippen LogP contribution is 2.06. The normalized spacial score (nSPS) is 9.86. The summed E-state index contributed by atoms with van der Waals surface area (Å²) in [4.78, 5) is 25.9. The highest BCUT2D eigenvalue weighted by molar-refractivity contribution is 6.03. The van der Waals surface area contributed by atoms with Crippen molar-refractivity contribution in [2.24, 2.45) is 0 Å². The van der Waals surface area contributed by atoms with Crippen LogP contribution < -0.4 is 5.32 Å². The van der Waals surface area contributed by atoms with Gasteiger partial charge in [0.2, 0.25) is 5.91 Å². The number of aryl methyl sites for hydroxylation is 1. The summed E-state index contributed by atoms with van der Waals surface area (Å²) < 4.78 is 4.90. The van der Waals surface area contributed by atoms with Crippen LogP contribution in [0.3, 0.4) is 0 Å². The Balaban J connectivity index is 2.45. The van der Waals surface area contributed by atoms with Crippen LogP contribution in [-0.4, -0.2) is 16.7 Å². The van der Waals surface area contributed by atoms with Gasteiger partial charge < -0.3 is 4.42 Å². The van der Waals surface area contributed by atoms with E-state index in [1.807, 2.05) is 0 Å². The Bertz CT molecular complexity index is 344. The molecule has 0 aliphatic carbocycles. The smallest absolute Gasteiger partial charge is 0.301 e. The van der Waals surface area contributed by atoms with Gasteiger partial charge in [-0.2, -0.15) is 4.98 Å². The van der Waals surface area contributed by atoms with Crippen molar-refractivity contribution >= 4 is 17.7 Å². The van der Waals surface area contributed by atoms with E-state index in [4.69, 9.17) is 4.42 Å². The van der Waals surface area contributed by atoms with E-state index in [0.29, 0.717) is 12.1 Å². The molecule has 1 N–H and O–H groups in total. The Hall–Kier alpha value is -1.65. The van der Waals surface area contributed by atoms with Gasteiger partial charge in [0.1, 0.15) is 12.0 Å². The fraction of sp³-hybridized carbons (Fsp3) is 0.444. The van der Waals surface area contributed by atoms with Crippen LogP contribution in [0.2, 0.25) is 0 Å². The molecular formula is C9H12N2O3. The van der Waals surface area contributed by atoms with Crippen molar-refractivity contribution in [1.29, 1.82) is 0 Å². The van der Waals surface area contributed by atoms with Crippen LogP contribution in [0, 0.1) is 6.92 Å². The summed E-state index contributed by atoms with van der Waals surface area (Å²) in [6, 6.07) is 0.136. The van der Waals surface area contributed by atoms with Crippen LogP contribution >= 0.6 is 0 Å². The number of ketones is 1. The summed E-state index contributed by atoms with van der Waals surface area (Å²) in [5.41, 5.74) is 0.683. The first-order valence-electron chi connectivity index (χ1n) is 4.35. The second-order valence-electron chi connectivity index (χ2n) is 2.91. The lowest BCUT2D eigenvalue weighted by Gasteiger charge is -1.97. The van der Waals surface area contributed by atoms with Gasteiger partial charge in [0.05, 0.1) is 12.1 Å². The Morgan fingerprint density at radius 2 is 2.29 bits per heavy atom. The lowest BCUT2D eigenvalue weighted by Crippen LogP contribution is -2.16. The summed E-state index contributed by atoms with van der Waals surface area (Å²) in [7, 11) is 0. The van der Waals surface area contributed by atoms with E-state index in [9.17, 15) is 9.59 Å². The molecule has 5 heteroatoms. The van der Waals surface area contributed by atoms with Crippen molar-refractivity contribution in [3.8, 4) is 0 Å². The first-order chi connectivity index (χ1) is 6.61. The number of rotatable bonds is 4. The first-order valence-corrected chi connectivity index (χ1v) is 4.35. The first kappa shape index (κ1) is 10.4. The molecule has 1 amide bonds. The van der Waals surface area contributed by atoms with Gasteiger partial charge in [-0.15, -0.1) is 0 Å². The Morgan fingerprint density at radius 3 is 2.79 bits per heavy atom. The second kappa shape index (κ2) is 4.55. The molecular weight excluding hydrogens is 184 g/mol. The predicted octanol–water partition coefficient (Wildman–Crippen LogP) is 1.29. The molecule has 14 heavy (non-hydrogen) atoms. The fourth-order valence-corrected chi connectivity index (χ4v) is 0.879. The second-order valence-corrected chi connectivity index (χ2v) is 2.91. The standard InChI is InChI=1S/C9H12N2O3/c1-3-7(12)4-8(13)11-9-10-6(2)5-14-9/h5H,3-4H2,1-2H3,(H,10,11,13). The number of nitrogens with zero attached hydrogens (tertiary/aromatic N) is 1. The van der Waals surface area contributed by atoms with Crippen LogP contribution in [-0.2, 0) is 9.59 Å². The van der Waals surface area contributed by atoms with Crippen molar-refractivity contribution in [2.75, 3.05) is 5.32 Å². The fourth-order valence-electron chi connectivity index (χ4n) is 0.879. The van der Waals surface area contributed by atoms with E-state index in [0.717, 1.165) is 0 Å². The summed E-state index contributed by atoms with van der Waals surface area (Å²) in [5, 5.41) is 2.39. The molecule has 76 valence electrons. The molecule has 1 aromatic rings. The molecule has 0 aliphatic rings. The molecule has 0 unspecified atom stereocenters. The van der Waals surface area contributed by atoms with Gasteiger partial charge in [-0.05, 0) is 6.92 Å². The number of Topliss-reactive ketones (excluding diaryl/α,β-unsaturated/α-hetero) is 1. The van der Waals surface area contributed by atoms with Crippen molar-refractivity contribution in [2.45, 2.75) is 26.7 Å².